The largest absolute Gasteiger partial charge is 0.482 e. The first kappa shape index (κ1) is 18.9. The molecule has 0 unspecified atom stereocenters. The lowest BCUT2D eigenvalue weighted by Crippen LogP contribution is -2.29. The molecule has 140 valence electrons. The van der Waals surface area contributed by atoms with E-state index in [9.17, 15) is 14.4 Å². The minimum atomic E-state index is -0.330. The Kier molecular flexibility index (Phi) is 5.75. The second kappa shape index (κ2) is 8.22. The van der Waals surface area contributed by atoms with Crippen molar-refractivity contribution in [1.82, 2.24) is 5.32 Å². The van der Waals surface area contributed by atoms with Crippen LogP contribution >= 0.6 is 15.9 Å². The van der Waals surface area contributed by atoms with Crippen LogP contribution < -0.4 is 20.7 Å². The lowest BCUT2D eigenvalue weighted by molar-refractivity contribution is -0.118. The molecule has 0 saturated heterocycles. The maximum atomic E-state index is 12.2. The van der Waals surface area contributed by atoms with Crippen LogP contribution in [-0.2, 0) is 9.59 Å². The van der Waals surface area contributed by atoms with Gasteiger partial charge in [0.05, 0.1) is 5.69 Å². The Morgan fingerprint density at radius 3 is 2.85 bits per heavy atom. The number of aryl methyl sites for hydroxylation is 1. The Morgan fingerprint density at radius 2 is 2.04 bits per heavy atom. The molecule has 0 aliphatic carbocycles. The normalized spacial score (nSPS) is 12.4. The van der Waals surface area contributed by atoms with E-state index in [1.54, 1.807) is 18.2 Å². The van der Waals surface area contributed by atoms with E-state index in [1.807, 2.05) is 25.1 Å². The van der Waals surface area contributed by atoms with Crippen LogP contribution in [0.1, 0.15) is 22.3 Å². The number of amides is 3. The molecule has 0 atom stereocenters. The third-order valence-corrected chi connectivity index (χ3v) is 4.48. The molecule has 0 bridgehead atoms. The van der Waals surface area contributed by atoms with Gasteiger partial charge in [-0.25, -0.2) is 0 Å². The molecule has 2 aromatic carbocycles. The second-order valence-electron chi connectivity index (χ2n) is 6.06. The summed E-state index contributed by atoms with van der Waals surface area (Å²) < 4.78 is 6.13. The van der Waals surface area contributed by atoms with E-state index in [0.717, 1.165) is 15.7 Å². The van der Waals surface area contributed by atoms with Crippen molar-refractivity contribution in [2.75, 3.05) is 23.8 Å². The number of nitrogens with one attached hydrogen (secondary N) is 3. The lowest BCUT2D eigenvalue weighted by atomic mass is 10.1. The van der Waals surface area contributed by atoms with Crippen molar-refractivity contribution in [1.29, 1.82) is 0 Å². The highest BCUT2D eigenvalue weighted by Gasteiger charge is 2.17. The molecule has 3 N–H and O–H groups in total. The zero-order valence-electron chi connectivity index (χ0n) is 14.6. The van der Waals surface area contributed by atoms with Crippen molar-refractivity contribution < 1.29 is 19.1 Å². The fraction of sp³-hybridized carbons (Fsp3) is 0.211. The number of rotatable bonds is 5. The molecule has 7 nitrogen and oxygen atoms in total. The van der Waals surface area contributed by atoms with Crippen LogP contribution in [0.5, 0.6) is 5.75 Å². The zero-order valence-corrected chi connectivity index (χ0v) is 16.2. The van der Waals surface area contributed by atoms with Crippen molar-refractivity contribution in [2.24, 2.45) is 0 Å². The third kappa shape index (κ3) is 4.85. The van der Waals surface area contributed by atoms with Gasteiger partial charge in [0.1, 0.15) is 5.75 Å². The molecule has 2 aromatic rings. The fourth-order valence-corrected chi connectivity index (χ4v) is 2.92. The Hall–Kier alpha value is -2.87. The summed E-state index contributed by atoms with van der Waals surface area (Å²) in [6, 6.07) is 10.4. The summed E-state index contributed by atoms with van der Waals surface area (Å²) in [4.78, 5) is 35.7. The van der Waals surface area contributed by atoms with Gasteiger partial charge in [0, 0.05) is 28.7 Å². The second-order valence-corrected chi connectivity index (χ2v) is 6.98. The SMILES string of the molecule is Cc1ccc(Br)cc1NC(=O)CCNC(=O)c1ccc2c(c1)NC(=O)CO2. The molecule has 27 heavy (non-hydrogen) atoms. The van der Waals surface area contributed by atoms with Crippen LogP contribution in [0.25, 0.3) is 0 Å². The predicted octanol–water partition coefficient (Wildman–Crippen LogP) is 2.85. The summed E-state index contributed by atoms with van der Waals surface area (Å²) >= 11 is 3.37. The van der Waals surface area contributed by atoms with Crippen LogP contribution in [0.2, 0.25) is 0 Å². The summed E-state index contributed by atoms with van der Waals surface area (Å²) in [5.74, 6) is -0.263. The Morgan fingerprint density at radius 1 is 1.22 bits per heavy atom. The number of carbonyl (C=O) groups is 3. The predicted molar refractivity (Wildman–Crippen MR) is 105 cm³/mol. The summed E-state index contributed by atoms with van der Waals surface area (Å²) in [5.41, 5.74) is 2.52. The smallest absolute Gasteiger partial charge is 0.262 e. The number of ether oxygens (including phenoxy) is 1. The molecule has 0 aromatic heterocycles. The first-order chi connectivity index (χ1) is 12.9. The van der Waals surface area contributed by atoms with Crippen LogP contribution in [0.4, 0.5) is 11.4 Å². The molecule has 3 rings (SSSR count). The fourth-order valence-electron chi connectivity index (χ4n) is 2.56. The number of benzene rings is 2. The van der Waals surface area contributed by atoms with E-state index >= 15 is 0 Å². The van der Waals surface area contributed by atoms with Gasteiger partial charge in [-0.2, -0.15) is 0 Å². The van der Waals surface area contributed by atoms with Gasteiger partial charge in [-0.3, -0.25) is 14.4 Å². The van der Waals surface area contributed by atoms with E-state index < -0.39 is 0 Å². The molecule has 0 spiro atoms. The van der Waals surface area contributed by atoms with Gasteiger partial charge < -0.3 is 20.7 Å². The van der Waals surface area contributed by atoms with Crippen molar-refractivity contribution >= 4 is 45.0 Å². The molecule has 0 fully saturated rings. The van der Waals surface area contributed by atoms with E-state index in [-0.39, 0.29) is 37.3 Å². The number of hydrogen-bond donors (Lipinski definition) is 3. The first-order valence-corrected chi connectivity index (χ1v) is 9.12. The number of carbonyl (C=O) groups excluding carboxylic acids is 3. The first-order valence-electron chi connectivity index (χ1n) is 8.33. The maximum absolute atomic E-state index is 12.2. The van der Waals surface area contributed by atoms with Crippen LogP contribution in [0.15, 0.2) is 40.9 Å². The Bertz CT molecular complexity index is 914. The molecule has 1 heterocycles. The van der Waals surface area contributed by atoms with Gasteiger partial charge in [-0.05, 0) is 42.8 Å². The summed E-state index contributed by atoms with van der Waals surface area (Å²) in [6.45, 7) is 2.06. The lowest BCUT2D eigenvalue weighted by Gasteiger charge is -2.18. The molecule has 8 heteroatoms. The maximum Gasteiger partial charge on any atom is 0.262 e. The topological polar surface area (TPSA) is 96.5 Å². The van der Waals surface area contributed by atoms with E-state index in [2.05, 4.69) is 31.9 Å². The molecule has 3 amide bonds. The molecule has 0 radical (unpaired) electrons. The van der Waals surface area contributed by atoms with E-state index in [0.29, 0.717) is 17.0 Å². The van der Waals surface area contributed by atoms with Gasteiger partial charge in [-0.1, -0.05) is 22.0 Å². The van der Waals surface area contributed by atoms with Crippen molar-refractivity contribution in [3.63, 3.8) is 0 Å². The van der Waals surface area contributed by atoms with Crippen molar-refractivity contribution in [3.05, 3.63) is 52.0 Å². The number of anilines is 2. The summed E-state index contributed by atoms with van der Waals surface area (Å²) in [7, 11) is 0. The van der Waals surface area contributed by atoms with Gasteiger partial charge in [-0.15, -0.1) is 0 Å². The van der Waals surface area contributed by atoms with Gasteiger partial charge in [0.2, 0.25) is 5.91 Å². The van der Waals surface area contributed by atoms with Gasteiger partial charge in [0.25, 0.3) is 11.8 Å². The standard InChI is InChI=1S/C19H18BrN3O4/c1-11-2-4-13(20)9-14(11)22-17(24)6-7-21-19(26)12-3-5-16-15(8-12)23-18(25)10-27-16/h2-5,8-9H,6-7,10H2,1H3,(H,21,26)(H,22,24)(H,23,25). The monoisotopic (exact) mass is 431 g/mol. The third-order valence-electron chi connectivity index (χ3n) is 3.99. The quantitative estimate of drug-likeness (QED) is 0.677. The van der Waals surface area contributed by atoms with Gasteiger partial charge >= 0.3 is 0 Å². The molecular formula is C19H18BrN3O4. The zero-order chi connectivity index (χ0) is 19.4. The van der Waals surface area contributed by atoms with Crippen molar-refractivity contribution in [2.45, 2.75) is 13.3 Å². The van der Waals surface area contributed by atoms with Crippen molar-refractivity contribution in [3.8, 4) is 5.75 Å². The van der Waals surface area contributed by atoms with Gasteiger partial charge in [0.15, 0.2) is 6.61 Å². The summed E-state index contributed by atoms with van der Waals surface area (Å²) in [5, 5.41) is 8.18. The average molecular weight is 432 g/mol. The molecule has 0 saturated carbocycles. The Labute approximate surface area is 164 Å². The highest BCUT2D eigenvalue weighted by atomic mass is 79.9. The highest BCUT2D eigenvalue weighted by Crippen LogP contribution is 2.28. The highest BCUT2D eigenvalue weighted by molar-refractivity contribution is 9.10. The van der Waals surface area contributed by atoms with E-state index in [1.165, 1.54) is 0 Å². The van der Waals surface area contributed by atoms with Crippen LogP contribution in [0, 0.1) is 6.92 Å². The molecular weight excluding hydrogens is 414 g/mol. The molecule has 1 aliphatic heterocycles. The van der Waals surface area contributed by atoms with Crippen LogP contribution in [-0.4, -0.2) is 30.9 Å². The minimum Gasteiger partial charge on any atom is -0.482 e. The summed E-state index contributed by atoms with van der Waals surface area (Å²) in [6.07, 6.45) is 0.141. The average Bonchev–Trinajstić information content (AvgIpc) is 2.64. The number of fused-ring (bicyclic) bond motifs is 1. The number of halogens is 1. The number of hydrogen-bond acceptors (Lipinski definition) is 4. The minimum absolute atomic E-state index is 0.0366. The Balaban J connectivity index is 1.52. The van der Waals surface area contributed by atoms with E-state index in [4.69, 9.17) is 4.74 Å². The van der Waals surface area contributed by atoms with Crippen LogP contribution in [0.3, 0.4) is 0 Å². The molecule has 1 aliphatic rings.